The molecule has 1 aromatic heterocycles. The number of rotatable bonds is 5. The maximum atomic E-state index is 14.0. The molecule has 0 spiro atoms. The first kappa shape index (κ1) is 19.9. The Bertz CT molecular complexity index is 1080. The van der Waals surface area contributed by atoms with Crippen molar-refractivity contribution in [1.82, 2.24) is 4.57 Å². The first-order valence-electron chi connectivity index (χ1n) is 8.07. The van der Waals surface area contributed by atoms with Gasteiger partial charge in [-0.3, -0.25) is 18.6 Å². The summed E-state index contributed by atoms with van der Waals surface area (Å²) in [4.78, 5) is 11.7. The minimum Gasteiger partial charge on any atom is -0.454 e. The quantitative estimate of drug-likeness (QED) is 0.563. The van der Waals surface area contributed by atoms with Crippen molar-refractivity contribution in [1.29, 1.82) is 0 Å². The van der Waals surface area contributed by atoms with Crippen LogP contribution in [0.1, 0.15) is 0 Å². The summed E-state index contributed by atoms with van der Waals surface area (Å²) in [6.07, 6.45) is 2.80. The summed E-state index contributed by atoms with van der Waals surface area (Å²) in [7, 11) is -1.44. The number of aromatic nitrogens is 1. The third-order valence-electron chi connectivity index (χ3n) is 3.80. The summed E-state index contributed by atoms with van der Waals surface area (Å²) in [5.41, 5.74) is 1.22. The highest BCUT2D eigenvalue weighted by Crippen LogP contribution is 2.40. The molecule has 1 heterocycles. The summed E-state index contributed by atoms with van der Waals surface area (Å²) in [5, 5.41) is 0. The normalized spacial score (nSPS) is 11.9. The lowest BCUT2D eigenvalue weighted by Gasteiger charge is -2.29. The second-order valence-corrected chi connectivity index (χ2v) is 8.06. The highest BCUT2D eigenvalue weighted by atomic mass is 32.3. The molecule has 3 N–H and O–H groups in total. The van der Waals surface area contributed by atoms with Crippen molar-refractivity contribution in [2.45, 2.75) is 0 Å². The Morgan fingerprint density at radius 1 is 1.04 bits per heavy atom. The van der Waals surface area contributed by atoms with Gasteiger partial charge in [0.05, 0.1) is 5.69 Å². The summed E-state index contributed by atoms with van der Waals surface area (Å²) < 4.78 is 56.0. The van der Waals surface area contributed by atoms with Gasteiger partial charge in [0.15, 0.2) is 11.6 Å². The van der Waals surface area contributed by atoms with Crippen LogP contribution in [0.4, 0.5) is 14.5 Å². The molecule has 0 aliphatic carbocycles. The van der Waals surface area contributed by atoms with Gasteiger partial charge in [0.25, 0.3) is 0 Å². The SMILES string of the molecule is Cn1cc(-c2cc(NS(C)(O)O)ccc2Oc2ccc(F)cc2F)ccc1=O. The van der Waals surface area contributed by atoms with E-state index in [9.17, 15) is 22.7 Å². The van der Waals surface area contributed by atoms with Crippen molar-refractivity contribution < 1.29 is 22.6 Å². The molecular weight excluding hydrogens is 390 g/mol. The number of hydrogen-bond donors (Lipinski definition) is 3. The zero-order valence-electron chi connectivity index (χ0n) is 15.0. The van der Waals surface area contributed by atoms with E-state index in [1.54, 1.807) is 25.4 Å². The van der Waals surface area contributed by atoms with Crippen LogP contribution in [0.5, 0.6) is 11.5 Å². The van der Waals surface area contributed by atoms with E-state index in [-0.39, 0.29) is 17.1 Å². The molecule has 3 aromatic rings. The van der Waals surface area contributed by atoms with E-state index in [4.69, 9.17) is 4.74 Å². The Kier molecular flexibility index (Phi) is 5.41. The van der Waals surface area contributed by atoms with Crippen LogP contribution in [0.2, 0.25) is 0 Å². The van der Waals surface area contributed by atoms with Gasteiger partial charge in [-0.15, -0.1) is 10.8 Å². The number of hydrogen-bond acceptors (Lipinski definition) is 5. The lowest BCUT2D eigenvalue weighted by Crippen LogP contribution is -2.14. The molecule has 0 saturated carbocycles. The largest absolute Gasteiger partial charge is 0.454 e. The molecule has 9 heteroatoms. The molecule has 0 fully saturated rings. The highest BCUT2D eigenvalue weighted by Gasteiger charge is 2.14. The van der Waals surface area contributed by atoms with E-state index in [0.29, 0.717) is 22.9 Å². The molecule has 0 amide bonds. The van der Waals surface area contributed by atoms with Crippen LogP contribution in [-0.2, 0) is 7.05 Å². The van der Waals surface area contributed by atoms with Crippen molar-refractivity contribution in [3.8, 4) is 22.6 Å². The van der Waals surface area contributed by atoms with Crippen molar-refractivity contribution in [3.63, 3.8) is 0 Å². The molecule has 3 rings (SSSR count). The molecule has 0 aliphatic rings. The summed E-state index contributed by atoms with van der Waals surface area (Å²) >= 11 is 0. The van der Waals surface area contributed by atoms with Gasteiger partial charge in [0.1, 0.15) is 11.6 Å². The van der Waals surface area contributed by atoms with Crippen molar-refractivity contribution in [2.24, 2.45) is 7.05 Å². The fourth-order valence-corrected chi connectivity index (χ4v) is 3.13. The molecule has 0 bridgehead atoms. The fourth-order valence-electron chi connectivity index (χ4n) is 2.56. The highest BCUT2D eigenvalue weighted by molar-refractivity contribution is 8.24. The van der Waals surface area contributed by atoms with Crippen LogP contribution in [0, 0.1) is 11.6 Å². The van der Waals surface area contributed by atoms with Gasteiger partial charge in [0.2, 0.25) is 5.56 Å². The second-order valence-electron chi connectivity index (χ2n) is 6.19. The molecule has 0 aliphatic heterocycles. The smallest absolute Gasteiger partial charge is 0.250 e. The van der Waals surface area contributed by atoms with Crippen LogP contribution >= 0.6 is 10.8 Å². The van der Waals surface area contributed by atoms with Crippen LogP contribution in [-0.4, -0.2) is 19.9 Å². The molecule has 0 radical (unpaired) electrons. The predicted octanol–water partition coefficient (Wildman–Crippen LogP) is 4.83. The molecule has 0 unspecified atom stereocenters. The minimum atomic E-state index is -3.02. The van der Waals surface area contributed by atoms with Gasteiger partial charge in [-0.2, -0.15) is 0 Å². The maximum absolute atomic E-state index is 14.0. The molecule has 28 heavy (non-hydrogen) atoms. The van der Waals surface area contributed by atoms with Gasteiger partial charge in [-0.05, 0) is 36.4 Å². The Balaban J connectivity index is 2.09. The van der Waals surface area contributed by atoms with Gasteiger partial charge in [0, 0.05) is 42.8 Å². The number of aryl methyl sites for hydroxylation is 1. The lowest BCUT2D eigenvalue weighted by atomic mass is 10.1. The molecular formula is C19H18F2N2O4S. The van der Waals surface area contributed by atoms with Gasteiger partial charge >= 0.3 is 0 Å². The van der Waals surface area contributed by atoms with Crippen molar-refractivity contribution >= 4 is 16.5 Å². The zero-order valence-corrected chi connectivity index (χ0v) is 15.8. The fraction of sp³-hybridized carbons (Fsp3) is 0.105. The summed E-state index contributed by atoms with van der Waals surface area (Å²) in [6.45, 7) is 0. The Morgan fingerprint density at radius 2 is 1.75 bits per heavy atom. The van der Waals surface area contributed by atoms with Crippen LogP contribution in [0.15, 0.2) is 59.5 Å². The average Bonchev–Trinajstić information content (AvgIpc) is 2.59. The second kappa shape index (κ2) is 7.63. The van der Waals surface area contributed by atoms with E-state index >= 15 is 0 Å². The Labute approximate surface area is 161 Å². The number of nitrogens with zero attached hydrogens (tertiary/aromatic N) is 1. The van der Waals surface area contributed by atoms with Crippen LogP contribution in [0.25, 0.3) is 11.1 Å². The van der Waals surface area contributed by atoms with Crippen LogP contribution in [0.3, 0.4) is 0 Å². The number of nitrogens with one attached hydrogen (secondary N) is 1. The monoisotopic (exact) mass is 408 g/mol. The maximum Gasteiger partial charge on any atom is 0.250 e. The molecule has 0 saturated heterocycles. The van der Waals surface area contributed by atoms with E-state index in [0.717, 1.165) is 6.07 Å². The average molecular weight is 408 g/mol. The minimum absolute atomic E-state index is 0.173. The topological polar surface area (TPSA) is 83.7 Å². The van der Waals surface area contributed by atoms with E-state index in [1.807, 2.05) is 0 Å². The Hall–Kier alpha value is -2.88. The van der Waals surface area contributed by atoms with Gasteiger partial charge in [-0.1, -0.05) is 0 Å². The van der Waals surface area contributed by atoms with Crippen molar-refractivity contribution in [2.75, 3.05) is 11.0 Å². The zero-order chi connectivity index (χ0) is 20.5. The third-order valence-corrected chi connectivity index (χ3v) is 4.42. The molecule has 148 valence electrons. The van der Waals surface area contributed by atoms with E-state index < -0.39 is 22.4 Å². The van der Waals surface area contributed by atoms with Gasteiger partial charge in [-0.25, -0.2) is 8.78 Å². The first-order chi connectivity index (χ1) is 13.1. The lowest BCUT2D eigenvalue weighted by molar-refractivity contribution is 0.439. The number of pyridine rings is 1. The summed E-state index contributed by atoms with van der Waals surface area (Å²) in [6, 6.07) is 10.5. The van der Waals surface area contributed by atoms with E-state index in [1.165, 1.54) is 35.1 Å². The third kappa shape index (κ3) is 4.69. The standard InChI is InChI=1S/C19H18F2N2O4S/c1-23-11-12(3-8-19(23)24)15-10-14(22-28(2,25)26)5-7-17(15)27-18-6-4-13(20)9-16(18)21/h3-11,22,25-26H,1-2H3. The van der Waals surface area contributed by atoms with E-state index in [2.05, 4.69) is 4.72 Å². The number of halogens is 2. The first-order valence-corrected chi connectivity index (χ1v) is 10.0. The Morgan fingerprint density at radius 3 is 2.39 bits per heavy atom. The molecule has 0 atom stereocenters. The van der Waals surface area contributed by atoms with Gasteiger partial charge < -0.3 is 9.30 Å². The van der Waals surface area contributed by atoms with Crippen LogP contribution < -0.4 is 15.0 Å². The summed E-state index contributed by atoms with van der Waals surface area (Å²) in [5.74, 6) is -1.53. The number of anilines is 1. The predicted molar refractivity (Wildman–Crippen MR) is 106 cm³/mol. The number of benzene rings is 2. The molecule has 6 nitrogen and oxygen atoms in total. The number of ether oxygens (including phenoxy) is 1. The molecule has 2 aromatic carbocycles. The van der Waals surface area contributed by atoms with Crippen molar-refractivity contribution in [3.05, 3.63) is 76.7 Å².